The Labute approximate surface area is 218 Å². The van der Waals surface area contributed by atoms with Gasteiger partial charge in [0.2, 0.25) is 0 Å². The van der Waals surface area contributed by atoms with Crippen LogP contribution in [0.3, 0.4) is 0 Å². The maximum Gasteiger partial charge on any atom is 0.344 e. The fraction of sp³-hybridized carbons (Fsp3) is 0.333. The van der Waals surface area contributed by atoms with E-state index < -0.39 is 5.97 Å². The molecule has 0 spiro atoms. The molecule has 37 heavy (non-hydrogen) atoms. The van der Waals surface area contributed by atoms with Gasteiger partial charge in [-0.1, -0.05) is 36.4 Å². The van der Waals surface area contributed by atoms with Crippen molar-refractivity contribution in [3.8, 4) is 5.75 Å². The summed E-state index contributed by atoms with van der Waals surface area (Å²) in [5.74, 6) is -0.301. The van der Waals surface area contributed by atoms with Crippen LogP contribution in [0.5, 0.6) is 5.75 Å². The summed E-state index contributed by atoms with van der Waals surface area (Å²) in [6.45, 7) is 4.34. The number of nitrogens with zero attached hydrogens (tertiary/aromatic N) is 2. The van der Waals surface area contributed by atoms with Gasteiger partial charge in [-0.3, -0.25) is 9.69 Å². The molecule has 1 amide bonds. The number of ether oxygens (including phenoxy) is 2. The number of amides is 1. The molecule has 1 heterocycles. The summed E-state index contributed by atoms with van der Waals surface area (Å²) in [7, 11) is 0. The standard InChI is InChI=1S/C30H33N3O4/c34-29(21-37-30(35)22-36-28-14-9-24-7-4-8-25(24)19-28)31-26-10-12-27(13-11-26)33-17-15-32(16-18-33)20-23-5-2-1-3-6-23/h1-3,5-6,9-14,19H,4,7-8,15-18,20-22H2,(H,31,34). The molecule has 5 rings (SSSR count). The number of benzene rings is 3. The van der Waals surface area contributed by atoms with Crippen molar-refractivity contribution in [3.05, 3.63) is 89.5 Å². The zero-order valence-corrected chi connectivity index (χ0v) is 21.0. The summed E-state index contributed by atoms with van der Waals surface area (Å²) >= 11 is 0. The Balaban J connectivity index is 1.01. The smallest absolute Gasteiger partial charge is 0.344 e. The quantitative estimate of drug-likeness (QED) is 0.448. The molecule has 0 bridgehead atoms. The van der Waals surface area contributed by atoms with Gasteiger partial charge in [0.1, 0.15) is 5.75 Å². The molecule has 0 aromatic heterocycles. The van der Waals surface area contributed by atoms with Gasteiger partial charge in [0.05, 0.1) is 0 Å². The van der Waals surface area contributed by atoms with Gasteiger partial charge < -0.3 is 19.7 Å². The van der Waals surface area contributed by atoms with Gasteiger partial charge >= 0.3 is 5.97 Å². The first-order valence-electron chi connectivity index (χ1n) is 12.9. The SMILES string of the molecule is O=C(COC(=O)COc1ccc2c(c1)CCC2)Nc1ccc(N2CCN(Cc3ccccc3)CC2)cc1. The highest BCUT2D eigenvalue weighted by Crippen LogP contribution is 2.26. The normalized spacial score (nSPS) is 15.2. The second-order valence-corrected chi connectivity index (χ2v) is 9.58. The van der Waals surface area contributed by atoms with Gasteiger partial charge in [0.15, 0.2) is 13.2 Å². The fourth-order valence-corrected chi connectivity index (χ4v) is 4.93. The van der Waals surface area contributed by atoms with Gasteiger partial charge in [-0.2, -0.15) is 0 Å². The van der Waals surface area contributed by atoms with E-state index >= 15 is 0 Å². The summed E-state index contributed by atoms with van der Waals surface area (Å²) in [5.41, 5.74) is 5.77. The van der Waals surface area contributed by atoms with Crippen LogP contribution in [0.15, 0.2) is 72.8 Å². The Morgan fingerprint density at radius 3 is 2.35 bits per heavy atom. The molecule has 192 valence electrons. The van der Waals surface area contributed by atoms with Gasteiger partial charge in [-0.25, -0.2) is 4.79 Å². The number of rotatable bonds is 9. The number of piperazine rings is 1. The third-order valence-corrected chi connectivity index (χ3v) is 6.93. The van der Waals surface area contributed by atoms with E-state index in [1.807, 2.05) is 48.5 Å². The van der Waals surface area contributed by atoms with Crippen LogP contribution in [0.2, 0.25) is 0 Å². The van der Waals surface area contributed by atoms with E-state index in [1.54, 1.807) is 0 Å². The van der Waals surface area contributed by atoms with E-state index in [0.717, 1.165) is 57.7 Å². The van der Waals surface area contributed by atoms with Gasteiger partial charge in [-0.05, 0) is 72.4 Å². The van der Waals surface area contributed by atoms with Crippen LogP contribution >= 0.6 is 0 Å². The lowest BCUT2D eigenvalue weighted by atomic mass is 10.1. The number of esters is 1. The number of carbonyl (C=O) groups excluding carboxylic acids is 2. The molecule has 1 saturated heterocycles. The lowest BCUT2D eigenvalue weighted by molar-refractivity contribution is -0.149. The summed E-state index contributed by atoms with van der Waals surface area (Å²) < 4.78 is 10.6. The van der Waals surface area contributed by atoms with Crippen molar-refractivity contribution in [2.45, 2.75) is 25.8 Å². The number of aryl methyl sites for hydroxylation is 2. The predicted molar refractivity (Wildman–Crippen MR) is 144 cm³/mol. The van der Waals surface area contributed by atoms with E-state index in [4.69, 9.17) is 9.47 Å². The predicted octanol–water partition coefficient (Wildman–Crippen LogP) is 4.06. The first kappa shape index (κ1) is 24.8. The number of nitrogens with one attached hydrogen (secondary N) is 1. The Hall–Kier alpha value is -3.84. The second kappa shape index (κ2) is 11.9. The molecular formula is C30H33N3O4. The molecule has 1 fully saturated rings. The minimum absolute atomic E-state index is 0.223. The highest BCUT2D eigenvalue weighted by Gasteiger charge is 2.18. The average Bonchev–Trinajstić information content (AvgIpc) is 3.40. The van der Waals surface area contributed by atoms with Crippen LogP contribution in [0, 0.1) is 0 Å². The molecule has 1 N–H and O–H groups in total. The van der Waals surface area contributed by atoms with Crippen molar-refractivity contribution in [1.29, 1.82) is 0 Å². The second-order valence-electron chi connectivity index (χ2n) is 9.58. The van der Waals surface area contributed by atoms with E-state index in [2.05, 4.69) is 39.4 Å². The van der Waals surface area contributed by atoms with Crippen LogP contribution in [0.4, 0.5) is 11.4 Å². The summed E-state index contributed by atoms with van der Waals surface area (Å²) in [6, 6.07) is 24.2. The van der Waals surface area contributed by atoms with E-state index in [1.165, 1.54) is 16.7 Å². The van der Waals surface area contributed by atoms with Crippen molar-refractivity contribution in [2.24, 2.45) is 0 Å². The van der Waals surface area contributed by atoms with Crippen molar-refractivity contribution >= 4 is 23.3 Å². The maximum atomic E-state index is 12.2. The lowest BCUT2D eigenvalue weighted by Crippen LogP contribution is -2.45. The van der Waals surface area contributed by atoms with Crippen molar-refractivity contribution in [1.82, 2.24) is 4.90 Å². The Morgan fingerprint density at radius 2 is 1.57 bits per heavy atom. The zero-order chi connectivity index (χ0) is 25.5. The minimum Gasteiger partial charge on any atom is -0.482 e. The summed E-state index contributed by atoms with van der Waals surface area (Å²) in [5, 5.41) is 2.78. The van der Waals surface area contributed by atoms with Gasteiger partial charge in [0, 0.05) is 44.1 Å². The third kappa shape index (κ3) is 6.89. The molecule has 3 aromatic carbocycles. The number of fused-ring (bicyclic) bond motifs is 1. The van der Waals surface area contributed by atoms with Crippen molar-refractivity contribution in [2.75, 3.05) is 49.6 Å². The Kier molecular flexibility index (Phi) is 8.01. The number of hydrogen-bond donors (Lipinski definition) is 1. The lowest BCUT2D eigenvalue weighted by Gasteiger charge is -2.36. The first-order valence-corrected chi connectivity index (χ1v) is 12.9. The van der Waals surface area contributed by atoms with E-state index in [-0.39, 0.29) is 19.1 Å². The number of anilines is 2. The molecule has 7 heteroatoms. The van der Waals surface area contributed by atoms with Crippen molar-refractivity contribution in [3.63, 3.8) is 0 Å². The average molecular weight is 500 g/mol. The molecule has 0 saturated carbocycles. The topological polar surface area (TPSA) is 71.1 Å². The highest BCUT2D eigenvalue weighted by molar-refractivity contribution is 5.93. The zero-order valence-electron chi connectivity index (χ0n) is 21.0. The van der Waals surface area contributed by atoms with Gasteiger partial charge in [0.25, 0.3) is 5.91 Å². The highest BCUT2D eigenvalue weighted by atomic mass is 16.6. The molecule has 0 unspecified atom stereocenters. The van der Waals surface area contributed by atoms with E-state index in [9.17, 15) is 9.59 Å². The molecule has 0 radical (unpaired) electrons. The minimum atomic E-state index is -0.572. The molecule has 2 aliphatic rings. The summed E-state index contributed by atoms with van der Waals surface area (Å²) in [4.78, 5) is 29.1. The van der Waals surface area contributed by atoms with Crippen LogP contribution in [0.1, 0.15) is 23.1 Å². The molecule has 1 aliphatic carbocycles. The molecule has 7 nitrogen and oxygen atoms in total. The summed E-state index contributed by atoms with van der Waals surface area (Å²) in [6.07, 6.45) is 3.30. The van der Waals surface area contributed by atoms with Crippen LogP contribution in [0.25, 0.3) is 0 Å². The van der Waals surface area contributed by atoms with Crippen LogP contribution in [-0.4, -0.2) is 56.2 Å². The maximum absolute atomic E-state index is 12.2. The Bertz CT molecular complexity index is 1210. The molecule has 0 atom stereocenters. The monoisotopic (exact) mass is 499 g/mol. The molecular weight excluding hydrogens is 466 g/mol. The van der Waals surface area contributed by atoms with Gasteiger partial charge in [-0.15, -0.1) is 0 Å². The largest absolute Gasteiger partial charge is 0.482 e. The first-order chi connectivity index (χ1) is 18.1. The Morgan fingerprint density at radius 1 is 0.811 bits per heavy atom. The number of hydrogen-bond acceptors (Lipinski definition) is 6. The molecule has 3 aromatic rings. The van der Waals surface area contributed by atoms with E-state index in [0.29, 0.717) is 11.4 Å². The molecule has 1 aliphatic heterocycles. The van der Waals surface area contributed by atoms with Crippen LogP contribution in [-0.2, 0) is 33.7 Å². The van der Waals surface area contributed by atoms with Crippen molar-refractivity contribution < 1.29 is 19.1 Å². The fourth-order valence-electron chi connectivity index (χ4n) is 4.93. The van der Waals surface area contributed by atoms with Crippen LogP contribution < -0.4 is 15.0 Å². The number of carbonyl (C=O) groups is 2. The third-order valence-electron chi connectivity index (χ3n) is 6.93.